The van der Waals surface area contributed by atoms with E-state index in [2.05, 4.69) is 6.92 Å². The van der Waals surface area contributed by atoms with Gasteiger partial charge in [0.15, 0.2) is 0 Å². The van der Waals surface area contributed by atoms with Gasteiger partial charge in [0.2, 0.25) is 0 Å². The van der Waals surface area contributed by atoms with E-state index >= 15 is 0 Å². The fourth-order valence-electron chi connectivity index (χ4n) is 2.12. The summed E-state index contributed by atoms with van der Waals surface area (Å²) in [5.74, 6) is -0.550. The number of benzene rings is 2. The van der Waals surface area contributed by atoms with Crippen LogP contribution >= 0.6 is 0 Å². The van der Waals surface area contributed by atoms with Crippen molar-refractivity contribution in [3.63, 3.8) is 0 Å². The second-order valence-corrected chi connectivity index (χ2v) is 4.61. The van der Waals surface area contributed by atoms with Crippen LogP contribution in [0.3, 0.4) is 0 Å². The minimum atomic E-state index is -0.969. The second kappa shape index (κ2) is 6.75. The minimum absolute atomic E-state index is 0.123. The molecule has 2 aromatic rings. The predicted molar refractivity (Wildman–Crippen MR) is 78.1 cm³/mol. The first-order chi connectivity index (χ1) is 9.72. The zero-order valence-corrected chi connectivity index (χ0v) is 11.5. The number of carboxylic acid groups (broad SMARTS) is 1. The van der Waals surface area contributed by atoms with E-state index in [1.165, 1.54) is 0 Å². The van der Waals surface area contributed by atoms with Crippen molar-refractivity contribution in [3.8, 4) is 5.75 Å². The van der Waals surface area contributed by atoms with Gasteiger partial charge in [0.25, 0.3) is 0 Å². The van der Waals surface area contributed by atoms with Gasteiger partial charge in [-0.1, -0.05) is 55.8 Å². The molecule has 3 nitrogen and oxygen atoms in total. The van der Waals surface area contributed by atoms with Crippen LogP contribution in [0.1, 0.15) is 41.8 Å². The van der Waals surface area contributed by atoms with Gasteiger partial charge in [0, 0.05) is 0 Å². The van der Waals surface area contributed by atoms with E-state index in [9.17, 15) is 9.90 Å². The highest BCUT2D eigenvalue weighted by Crippen LogP contribution is 2.28. The van der Waals surface area contributed by atoms with Crippen molar-refractivity contribution >= 4 is 5.97 Å². The Hall–Kier alpha value is -2.29. The van der Waals surface area contributed by atoms with Crippen LogP contribution in [0.4, 0.5) is 0 Å². The lowest BCUT2D eigenvalue weighted by molar-refractivity contribution is 0.0688. The van der Waals surface area contributed by atoms with Crippen molar-refractivity contribution < 1.29 is 14.6 Å². The van der Waals surface area contributed by atoms with Gasteiger partial charge in [-0.25, -0.2) is 4.79 Å². The number of ether oxygens (including phenoxy) is 1. The number of aromatic carboxylic acids is 1. The molecule has 0 aliphatic carbocycles. The summed E-state index contributed by atoms with van der Waals surface area (Å²) in [5.41, 5.74) is 1.26. The lowest BCUT2D eigenvalue weighted by Crippen LogP contribution is -2.10. The lowest BCUT2D eigenvalue weighted by atomic mass is 10.0. The van der Waals surface area contributed by atoms with Gasteiger partial charge in [-0.3, -0.25) is 0 Å². The molecule has 20 heavy (non-hydrogen) atoms. The molecule has 104 valence electrons. The smallest absolute Gasteiger partial charge is 0.339 e. The Kier molecular flexibility index (Phi) is 4.77. The first kappa shape index (κ1) is 14.1. The Labute approximate surface area is 118 Å². The number of hydrogen-bond donors (Lipinski definition) is 1. The summed E-state index contributed by atoms with van der Waals surface area (Å²) in [4.78, 5) is 11.2. The van der Waals surface area contributed by atoms with E-state index in [4.69, 9.17) is 4.74 Å². The summed E-state index contributed by atoms with van der Waals surface area (Å²) in [6.45, 7) is 2.09. The lowest BCUT2D eigenvalue weighted by Gasteiger charge is -2.20. The standard InChI is InChI=1S/C17H18O3/c1-2-8-15(13-9-4-3-5-10-13)20-16-12-7-6-11-14(16)17(18)19/h3-7,9-12,15H,2,8H2,1H3,(H,18,19). The average molecular weight is 270 g/mol. The van der Waals surface area contributed by atoms with E-state index in [1.807, 2.05) is 30.3 Å². The molecule has 0 saturated carbocycles. The Balaban J connectivity index is 2.27. The second-order valence-electron chi connectivity index (χ2n) is 4.61. The quantitative estimate of drug-likeness (QED) is 0.851. The summed E-state index contributed by atoms with van der Waals surface area (Å²) in [6, 6.07) is 16.6. The summed E-state index contributed by atoms with van der Waals surface area (Å²) >= 11 is 0. The maximum absolute atomic E-state index is 11.2. The van der Waals surface area contributed by atoms with Crippen molar-refractivity contribution in [1.29, 1.82) is 0 Å². The Morgan fingerprint density at radius 3 is 2.40 bits per heavy atom. The molecule has 2 rings (SSSR count). The van der Waals surface area contributed by atoms with Crippen LogP contribution in [0.25, 0.3) is 0 Å². The van der Waals surface area contributed by atoms with Crippen molar-refractivity contribution in [2.45, 2.75) is 25.9 Å². The van der Waals surface area contributed by atoms with Gasteiger partial charge in [0.1, 0.15) is 17.4 Å². The van der Waals surface area contributed by atoms with Crippen LogP contribution in [-0.4, -0.2) is 11.1 Å². The summed E-state index contributed by atoms with van der Waals surface area (Å²) in [5, 5.41) is 9.20. The molecule has 1 atom stereocenters. The molecule has 0 amide bonds. The maximum atomic E-state index is 11.2. The Morgan fingerprint density at radius 1 is 1.10 bits per heavy atom. The van der Waals surface area contributed by atoms with Crippen molar-refractivity contribution in [2.24, 2.45) is 0 Å². The number of rotatable bonds is 6. The molecule has 0 bridgehead atoms. The van der Waals surface area contributed by atoms with E-state index in [1.54, 1.807) is 24.3 Å². The molecule has 3 heteroatoms. The normalized spacial score (nSPS) is 11.8. The van der Waals surface area contributed by atoms with Crippen molar-refractivity contribution in [3.05, 3.63) is 65.7 Å². The number of carboxylic acids is 1. The van der Waals surface area contributed by atoms with E-state index < -0.39 is 5.97 Å². The van der Waals surface area contributed by atoms with Crippen molar-refractivity contribution in [1.82, 2.24) is 0 Å². The number of para-hydroxylation sites is 1. The molecule has 1 N–H and O–H groups in total. The van der Waals surface area contributed by atoms with E-state index in [0.29, 0.717) is 5.75 Å². The topological polar surface area (TPSA) is 46.5 Å². The number of hydrogen-bond acceptors (Lipinski definition) is 2. The largest absolute Gasteiger partial charge is 0.485 e. The predicted octanol–water partition coefficient (Wildman–Crippen LogP) is 4.31. The molecular formula is C17H18O3. The van der Waals surface area contributed by atoms with Crippen LogP contribution in [0.2, 0.25) is 0 Å². The zero-order valence-electron chi connectivity index (χ0n) is 11.5. The van der Waals surface area contributed by atoms with Crippen LogP contribution in [0.5, 0.6) is 5.75 Å². The molecular weight excluding hydrogens is 252 g/mol. The van der Waals surface area contributed by atoms with Gasteiger partial charge >= 0.3 is 5.97 Å². The molecule has 0 aromatic heterocycles. The van der Waals surface area contributed by atoms with Gasteiger partial charge < -0.3 is 9.84 Å². The fourth-order valence-corrected chi connectivity index (χ4v) is 2.12. The monoisotopic (exact) mass is 270 g/mol. The van der Waals surface area contributed by atoms with Gasteiger partial charge in [0.05, 0.1) is 0 Å². The average Bonchev–Trinajstić information content (AvgIpc) is 2.48. The summed E-state index contributed by atoms with van der Waals surface area (Å²) < 4.78 is 5.95. The first-order valence-electron chi connectivity index (χ1n) is 6.76. The minimum Gasteiger partial charge on any atom is -0.485 e. The maximum Gasteiger partial charge on any atom is 0.339 e. The third-order valence-corrected chi connectivity index (χ3v) is 3.11. The molecule has 1 unspecified atom stereocenters. The highest BCUT2D eigenvalue weighted by molar-refractivity contribution is 5.90. The highest BCUT2D eigenvalue weighted by atomic mass is 16.5. The van der Waals surface area contributed by atoms with Crippen LogP contribution < -0.4 is 4.74 Å². The summed E-state index contributed by atoms with van der Waals surface area (Å²) in [7, 11) is 0. The fraction of sp³-hybridized carbons (Fsp3) is 0.235. The van der Waals surface area contributed by atoms with E-state index in [0.717, 1.165) is 18.4 Å². The molecule has 0 heterocycles. The van der Waals surface area contributed by atoms with Gasteiger partial charge in [-0.15, -0.1) is 0 Å². The third-order valence-electron chi connectivity index (χ3n) is 3.11. The third kappa shape index (κ3) is 3.38. The van der Waals surface area contributed by atoms with Gasteiger partial charge in [-0.05, 0) is 24.1 Å². The highest BCUT2D eigenvalue weighted by Gasteiger charge is 2.16. The molecule has 0 fully saturated rings. The van der Waals surface area contributed by atoms with Crippen LogP contribution in [-0.2, 0) is 0 Å². The first-order valence-corrected chi connectivity index (χ1v) is 6.76. The SMILES string of the molecule is CCCC(Oc1ccccc1C(=O)O)c1ccccc1. The molecule has 0 aliphatic rings. The molecule has 0 spiro atoms. The summed E-state index contributed by atoms with van der Waals surface area (Å²) in [6.07, 6.45) is 1.69. The molecule has 0 aliphatic heterocycles. The molecule has 0 radical (unpaired) electrons. The Bertz CT molecular complexity index is 563. The Morgan fingerprint density at radius 2 is 1.75 bits per heavy atom. The number of carbonyl (C=O) groups is 1. The van der Waals surface area contributed by atoms with Crippen molar-refractivity contribution in [2.75, 3.05) is 0 Å². The molecule has 2 aromatic carbocycles. The zero-order chi connectivity index (χ0) is 14.4. The van der Waals surface area contributed by atoms with E-state index in [-0.39, 0.29) is 11.7 Å². The van der Waals surface area contributed by atoms with Gasteiger partial charge in [-0.2, -0.15) is 0 Å². The van der Waals surface area contributed by atoms with Crippen LogP contribution in [0.15, 0.2) is 54.6 Å². The van der Waals surface area contributed by atoms with Crippen LogP contribution in [0, 0.1) is 0 Å². The molecule has 0 saturated heterocycles.